The van der Waals surface area contributed by atoms with Crippen LogP contribution < -0.4 is 15.8 Å². The summed E-state index contributed by atoms with van der Waals surface area (Å²) in [6, 6.07) is 8.83. The number of carbonyl (C=O) groups is 4. The minimum absolute atomic E-state index is 0.0295. The number of rotatable bonds is 7. The molecule has 10 heteroatoms. The number of urea groups is 1. The fourth-order valence-corrected chi connectivity index (χ4v) is 2.56. The summed E-state index contributed by atoms with van der Waals surface area (Å²) in [4.78, 5) is 47.9. The molecule has 0 atom stereocenters. The van der Waals surface area contributed by atoms with Gasteiger partial charge < -0.3 is 24.9 Å². The number of nitrogens with two attached hydrogens (primary N) is 1. The molecule has 3 N–H and O–H groups in total. The molecule has 0 bridgehead atoms. The van der Waals surface area contributed by atoms with Crippen LogP contribution >= 0.6 is 0 Å². The number of ether oxygens (including phenoxy) is 2. The van der Waals surface area contributed by atoms with E-state index in [1.54, 1.807) is 24.3 Å². The van der Waals surface area contributed by atoms with Crippen LogP contribution in [0.5, 0.6) is 5.75 Å². The molecule has 2 aromatic rings. The van der Waals surface area contributed by atoms with Crippen LogP contribution in [0.1, 0.15) is 21.9 Å². The standard InChI is InChI=1S/C19H17N3O7/c1-27-18(25)15-6-5-13(29-15)9-22-17(24)14(21-19(22)26)8-11-3-2-4-12(7-11)28-10-16(20)23/h2-8H,9-10H2,1H3,(H2,20,23)(H,21,26)/b14-8-. The van der Waals surface area contributed by atoms with Gasteiger partial charge in [-0.05, 0) is 35.9 Å². The molecule has 29 heavy (non-hydrogen) atoms. The van der Waals surface area contributed by atoms with Crippen LogP contribution in [0.4, 0.5) is 4.79 Å². The smallest absolute Gasteiger partial charge is 0.373 e. The van der Waals surface area contributed by atoms with Crippen molar-refractivity contribution < 1.29 is 33.1 Å². The van der Waals surface area contributed by atoms with Crippen LogP contribution in [-0.2, 0) is 20.9 Å². The zero-order chi connectivity index (χ0) is 21.0. The molecule has 1 aromatic heterocycles. The minimum Gasteiger partial charge on any atom is -0.484 e. The monoisotopic (exact) mass is 399 g/mol. The highest BCUT2D eigenvalue weighted by Crippen LogP contribution is 2.20. The molecule has 0 radical (unpaired) electrons. The molecule has 1 aliphatic heterocycles. The second-order valence-corrected chi connectivity index (χ2v) is 5.96. The van der Waals surface area contributed by atoms with Gasteiger partial charge >= 0.3 is 12.0 Å². The van der Waals surface area contributed by atoms with Crippen molar-refractivity contribution in [1.29, 1.82) is 0 Å². The van der Waals surface area contributed by atoms with Gasteiger partial charge in [-0.2, -0.15) is 0 Å². The number of benzene rings is 1. The van der Waals surface area contributed by atoms with Gasteiger partial charge in [0.15, 0.2) is 6.61 Å². The molecule has 3 rings (SSSR count). The number of amides is 4. The van der Waals surface area contributed by atoms with Crippen LogP contribution in [0, 0.1) is 0 Å². The van der Waals surface area contributed by atoms with Crippen molar-refractivity contribution in [3.63, 3.8) is 0 Å². The summed E-state index contributed by atoms with van der Waals surface area (Å²) in [7, 11) is 1.22. The predicted molar refractivity (Wildman–Crippen MR) is 98.2 cm³/mol. The molecule has 4 amide bonds. The fourth-order valence-electron chi connectivity index (χ4n) is 2.56. The number of furan rings is 1. The third-order valence-corrected chi connectivity index (χ3v) is 3.87. The summed E-state index contributed by atoms with van der Waals surface area (Å²) in [5.41, 5.74) is 5.67. The summed E-state index contributed by atoms with van der Waals surface area (Å²) in [6.07, 6.45) is 1.47. The number of methoxy groups -OCH3 is 1. The van der Waals surface area contributed by atoms with Gasteiger partial charge in [-0.25, -0.2) is 9.59 Å². The van der Waals surface area contributed by atoms with Crippen LogP contribution in [0.2, 0.25) is 0 Å². The molecule has 1 fully saturated rings. The van der Waals surface area contributed by atoms with Crippen LogP contribution in [0.25, 0.3) is 6.08 Å². The molecule has 10 nitrogen and oxygen atoms in total. The van der Waals surface area contributed by atoms with E-state index < -0.39 is 23.8 Å². The van der Waals surface area contributed by atoms with Crippen molar-refractivity contribution in [1.82, 2.24) is 10.2 Å². The fraction of sp³-hybridized carbons (Fsp3) is 0.158. The summed E-state index contributed by atoms with van der Waals surface area (Å²) >= 11 is 0. The number of imide groups is 1. The van der Waals surface area contributed by atoms with Crippen molar-refractivity contribution in [2.45, 2.75) is 6.54 Å². The van der Waals surface area contributed by atoms with E-state index in [1.807, 2.05) is 0 Å². The van der Waals surface area contributed by atoms with E-state index in [2.05, 4.69) is 10.1 Å². The lowest BCUT2D eigenvalue weighted by Gasteiger charge is -2.09. The summed E-state index contributed by atoms with van der Waals surface area (Å²) in [6.45, 7) is -0.430. The predicted octanol–water partition coefficient (Wildman–Crippen LogP) is 1.02. The van der Waals surface area contributed by atoms with E-state index in [0.717, 1.165) is 4.90 Å². The third kappa shape index (κ3) is 4.61. The third-order valence-electron chi connectivity index (χ3n) is 3.87. The molecule has 0 saturated carbocycles. The maximum Gasteiger partial charge on any atom is 0.373 e. The highest BCUT2D eigenvalue weighted by atomic mass is 16.5. The largest absolute Gasteiger partial charge is 0.484 e. The van der Waals surface area contributed by atoms with Crippen molar-refractivity contribution in [3.05, 3.63) is 59.2 Å². The normalized spacial score (nSPS) is 14.8. The van der Waals surface area contributed by atoms with Gasteiger partial charge in [-0.15, -0.1) is 0 Å². The van der Waals surface area contributed by atoms with Gasteiger partial charge in [-0.3, -0.25) is 14.5 Å². The second-order valence-electron chi connectivity index (χ2n) is 5.96. The Labute approximate surface area is 164 Å². The molecule has 0 spiro atoms. The summed E-state index contributed by atoms with van der Waals surface area (Å²) in [5, 5.41) is 2.48. The number of hydrogen-bond donors (Lipinski definition) is 2. The molecular formula is C19H17N3O7. The lowest BCUT2D eigenvalue weighted by Crippen LogP contribution is -2.30. The average Bonchev–Trinajstić information content (AvgIpc) is 3.27. The molecule has 150 valence electrons. The lowest BCUT2D eigenvalue weighted by atomic mass is 10.2. The summed E-state index contributed by atoms with van der Waals surface area (Å²) in [5.74, 6) is -1.23. The summed E-state index contributed by atoms with van der Waals surface area (Å²) < 4.78 is 15.1. The first kappa shape index (κ1) is 19.7. The van der Waals surface area contributed by atoms with Gasteiger partial charge in [0.25, 0.3) is 11.8 Å². The number of carbonyl (C=O) groups excluding carboxylic acids is 4. The lowest BCUT2D eigenvalue weighted by molar-refractivity contribution is -0.123. The molecular weight excluding hydrogens is 382 g/mol. The molecule has 1 saturated heterocycles. The molecule has 0 unspecified atom stereocenters. The van der Waals surface area contributed by atoms with E-state index in [-0.39, 0.29) is 30.4 Å². The van der Waals surface area contributed by atoms with E-state index in [0.29, 0.717) is 11.3 Å². The number of esters is 1. The van der Waals surface area contributed by atoms with Crippen LogP contribution in [-0.4, -0.2) is 42.4 Å². The van der Waals surface area contributed by atoms with Gasteiger partial charge in [-0.1, -0.05) is 12.1 Å². The Balaban J connectivity index is 1.73. The van der Waals surface area contributed by atoms with Gasteiger partial charge in [0.1, 0.15) is 17.2 Å². The Bertz CT molecular complexity index is 1010. The van der Waals surface area contributed by atoms with Crippen molar-refractivity contribution in [2.24, 2.45) is 5.73 Å². The van der Waals surface area contributed by atoms with Crippen LogP contribution in [0.3, 0.4) is 0 Å². The zero-order valence-corrected chi connectivity index (χ0v) is 15.3. The van der Waals surface area contributed by atoms with E-state index in [1.165, 1.54) is 25.3 Å². The van der Waals surface area contributed by atoms with E-state index in [4.69, 9.17) is 14.9 Å². The topological polar surface area (TPSA) is 141 Å². The number of nitrogens with one attached hydrogen (secondary N) is 1. The zero-order valence-electron chi connectivity index (χ0n) is 15.3. The van der Waals surface area contributed by atoms with Gasteiger partial charge in [0.05, 0.1) is 13.7 Å². The first-order valence-corrected chi connectivity index (χ1v) is 8.40. The van der Waals surface area contributed by atoms with Gasteiger partial charge in [0.2, 0.25) is 5.76 Å². The number of nitrogens with zero attached hydrogens (tertiary/aromatic N) is 1. The highest BCUT2D eigenvalue weighted by Gasteiger charge is 2.34. The Morgan fingerprint density at radius 2 is 2.03 bits per heavy atom. The van der Waals surface area contributed by atoms with Gasteiger partial charge in [0, 0.05) is 0 Å². The maximum atomic E-state index is 12.6. The molecule has 1 aliphatic rings. The Morgan fingerprint density at radius 1 is 1.24 bits per heavy atom. The second kappa shape index (κ2) is 8.30. The molecule has 2 heterocycles. The quantitative estimate of drug-likeness (QED) is 0.402. The van der Waals surface area contributed by atoms with E-state index >= 15 is 0 Å². The number of hydrogen-bond acceptors (Lipinski definition) is 7. The van der Waals surface area contributed by atoms with E-state index in [9.17, 15) is 19.2 Å². The first-order chi connectivity index (χ1) is 13.9. The minimum atomic E-state index is -0.660. The SMILES string of the molecule is COC(=O)c1ccc(CN2C(=O)N/C(=C\c3cccc(OCC(N)=O)c3)C2=O)o1. The van der Waals surface area contributed by atoms with Crippen molar-refractivity contribution >= 4 is 29.9 Å². The number of primary amides is 1. The molecule has 1 aromatic carbocycles. The first-order valence-electron chi connectivity index (χ1n) is 8.40. The Morgan fingerprint density at radius 3 is 2.76 bits per heavy atom. The highest BCUT2D eigenvalue weighted by molar-refractivity contribution is 6.13. The maximum absolute atomic E-state index is 12.6. The van der Waals surface area contributed by atoms with Crippen molar-refractivity contribution in [2.75, 3.05) is 13.7 Å². The molecule has 0 aliphatic carbocycles. The Hall–Kier alpha value is -4.08. The average molecular weight is 399 g/mol. The van der Waals surface area contributed by atoms with Crippen LogP contribution in [0.15, 0.2) is 46.5 Å². The Kier molecular flexibility index (Phi) is 5.63. The van der Waals surface area contributed by atoms with Crippen molar-refractivity contribution in [3.8, 4) is 5.75 Å².